The van der Waals surface area contributed by atoms with Gasteiger partial charge in [0.1, 0.15) is 0 Å². The van der Waals surface area contributed by atoms with Gasteiger partial charge in [0.25, 0.3) is 0 Å². The van der Waals surface area contributed by atoms with Crippen LogP contribution in [-0.2, 0) is 0 Å². The number of hydrogen-bond acceptors (Lipinski definition) is 4. The van der Waals surface area contributed by atoms with Crippen molar-refractivity contribution in [2.45, 2.75) is 38.0 Å². The molecule has 1 saturated carbocycles. The molecule has 0 aliphatic heterocycles. The Morgan fingerprint density at radius 2 is 2.24 bits per heavy atom. The third kappa shape index (κ3) is 2.91. The maximum atomic E-state index is 9.17. The summed E-state index contributed by atoms with van der Waals surface area (Å²) in [6, 6.07) is 4.13. The number of nitrogens with one attached hydrogen (secondary N) is 1. The first-order valence-corrected chi connectivity index (χ1v) is 7.56. The van der Waals surface area contributed by atoms with Gasteiger partial charge in [-0.25, -0.2) is 9.97 Å². The SMILES string of the molecule is N#CC[C@@H](c1[nH]ncc1-c1ccnc(Cl)n1)C1CCCC1. The van der Waals surface area contributed by atoms with Crippen LogP contribution in [0.15, 0.2) is 18.5 Å². The van der Waals surface area contributed by atoms with Crippen molar-refractivity contribution >= 4 is 11.6 Å². The molecule has 5 nitrogen and oxygen atoms in total. The van der Waals surface area contributed by atoms with Crippen molar-refractivity contribution in [2.24, 2.45) is 5.92 Å². The quantitative estimate of drug-likeness (QED) is 0.873. The van der Waals surface area contributed by atoms with Gasteiger partial charge >= 0.3 is 0 Å². The predicted octanol–water partition coefficient (Wildman–Crippen LogP) is 3.71. The van der Waals surface area contributed by atoms with Gasteiger partial charge < -0.3 is 0 Å². The molecule has 1 aliphatic rings. The monoisotopic (exact) mass is 301 g/mol. The summed E-state index contributed by atoms with van der Waals surface area (Å²) in [5, 5.41) is 16.6. The molecule has 1 N–H and O–H groups in total. The van der Waals surface area contributed by atoms with Crippen molar-refractivity contribution in [3.63, 3.8) is 0 Å². The highest BCUT2D eigenvalue weighted by Gasteiger charge is 2.29. The number of halogens is 1. The number of aromatic amines is 1. The van der Waals surface area contributed by atoms with Gasteiger partial charge in [0.2, 0.25) is 5.28 Å². The number of hydrogen-bond donors (Lipinski definition) is 1. The van der Waals surface area contributed by atoms with Crippen molar-refractivity contribution in [2.75, 3.05) is 0 Å². The van der Waals surface area contributed by atoms with E-state index >= 15 is 0 Å². The van der Waals surface area contributed by atoms with E-state index in [1.807, 2.05) is 6.07 Å². The molecular formula is C15H16ClN5. The first kappa shape index (κ1) is 14.0. The van der Waals surface area contributed by atoms with Gasteiger partial charge in [0, 0.05) is 29.8 Å². The topological polar surface area (TPSA) is 78.2 Å². The fourth-order valence-electron chi connectivity index (χ4n) is 3.23. The van der Waals surface area contributed by atoms with Crippen molar-refractivity contribution in [1.82, 2.24) is 20.2 Å². The molecule has 1 fully saturated rings. The molecule has 2 aromatic heterocycles. The fourth-order valence-corrected chi connectivity index (χ4v) is 3.38. The summed E-state index contributed by atoms with van der Waals surface area (Å²) in [7, 11) is 0. The van der Waals surface area contributed by atoms with Crippen LogP contribution in [-0.4, -0.2) is 20.2 Å². The molecule has 108 valence electrons. The third-order valence-electron chi connectivity index (χ3n) is 4.22. The Balaban J connectivity index is 1.98. The molecule has 0 radical (unpaired) electrons. The van der Waals surface area contributed by atoms with Crippen LogP contribution < -0.4 is 0 Å². The molecule has 2 heterocycles. The van der Waals surface area contributed by atoms with Crippen molar-refractivity contribution in [3.8, 4) is 17.3 Å². The van der Waals surface area contributed by atoms with Crippen LogP contribution in [0.5, 0.6) is 0 Å². The zero-order chi connectivity index (χ0) is 14.7. The van der Waals surface area contributed by atoms with Gasteiger partial charge in [-0.2, -0.15) is 10.4 Å². The van der Waals surface area contributed by atoms with E-state index in [-0.39, 0.29) is 11.2 Å². The van der Waals surface area contributed by atoms with Crippen LogP contribution in [0.25, 0.3) is 11.3 Å². The molecule has 3 rings (SSSR count). The molecule has 0 aromatic carbocycles. The normalized spacial score (nSPS) is 16.8. The van der Waals surface area contributed by atoms with Crippen LogP contribution >= 0.6 is 11.6 Å². The Morgan fingerprint density at radius 1 is 1.43 bits per heavy atom. The van der Waals surface area contributed by atoms with E-state index in [1.54, 1.807) is 12.4 Å². The van der Waals surface area contributed by atoms with E-state index in [0.29, 0.717) is 12.3 Å². The second-order valence-electron chi connectivity index (χ2n) is 5.42. The predicted molar refractivity (Wildman–Crippen MR) is 79.6 cm³/mol. The lowest BCUT2D eigenvalue weighted by atomic mass is 9.84. The highest BCUT2D eigenvalue weighted by atomic mass is 35.5. The molecule has 0 spiro atoms. The van der Waals surface area contributed by atoms with Gasteiger partial charge in [-0.1, -0.05) is 12.8 Å². The standard InChI is InChI=1S/C15H16ClN5/c16-15-18-8-6-13(20-15)12-9-19-21-14(12)11(5-7-17)10-3-1-2-4-10/h6,8-11H,1-5H2,(H,19,21)/t11-/m1/s1. The van der Waals surface area contributed by atoms with E-state index in [1.165, 1.54) is 25.7 Å². The van der Waals surface area contributed by atoms with Crippen molar-refractivity contribution < 1.29 is 0 Å². The maximum Gasteiger partial charge on any atom is 0.222 e. The van der Waals surface area contributed by atoms with E-state index in [9.17, 15) is 5.26 Å². The Kier molecular flexibility index (Phi) is 4.16. The minimum absolute atomic E-state index is 0.184. The van der Waals surface area contributed by atoms with E-state index < -0.39 is 0 Å². The molecule has 1 aliphatic carbocycles. The van der Waals surface area contributed by atoms with Crippen molar-refractivity contribution in [1.29, 1.82) is 5.26 Å². The Morgan fingerprint density at radius 3 is 2.95 bits per heavy atom. The van der Waals surface area contributed by atoms with Crippen LogP contribution in [0.2, 0.25) is 5.28 Å². The molecular weight excluding hydrogens is 286 g/mol. The summed E-state index contributed by atoms with van der Waals surface area (Å²) < 4.78 is 0. The molecule has 21 heavy (non-hydrogen) atoms. The van der Waals surface area contributed by atoms with Crippen LogP contribution in [0.1, 0.15) is 43.7 Å². The minimum Gasteiger partial charge on any atom is -0.282 e. The van der Waals surface area contributed by atoms with E-state index in [2.05, 4.69) is 26.2 Å². The second-order valence-corrected chi connectivity index (χ2v) is 5.76. The number of aromatic nitrogens is 4. The molecule has 0 saturated heterocycles. The van der Waals surface area contributed by atoms with Gasteiger partial charge in [-0.05, 0) is 36.4 Å². The average molecular weight is 302 g/mol. The zero-order valence-electron chi connectivity index (χ0n) is 11.6. The average Bonchev–Trinajstić information content (AvgIpc) is 3.16. The fraction of sp³-hybridized carbons (Fsp3) is 0.467. The zero-order valence-corrected chi connectivity index (χ0v) is 12.3. The lowest BCUT2D eigenvalue weighted by molar-refractivity contribution is 0.431. The van der Waals surface area contributed by atoms with E-state index in [0.717, 1.165) is 17.0 Å². The smallest absolute Gasteiger partial charge is 0.222 e. The van der Waals surface area contributed by atoms with Crippen LogP contribution in [0.3, 0.4) is 0 Å². The lowest BCUT2D eigenvalue weighted by Crippen LogP contribution is -2.11. The largest absolute Gasteiger partial charge is 0.282 e. The number of H-pyrrole nitrogens is 1. The molecule has 1 atom stereocenters. The maximum absolute atomic E-state index is 9.17. The van der Waals surface area contributed by atoms with Gasteiger partial charge in [-0.15, -0.1) is 0 Å². The Labute approximate surface area is 128 Å². The third-order valence-corrected chi connectivity index (χ3v) is 4.40. The van der Waals surface area contributed by atoms with Gasteiger partial charge in [0.15, 0.2) is 0 Å². The summed E-state index contributed by atoms with van der Waals surface area (Å²) in [4.78, 5) is 8.17. The summed E-state index contributed by atoms with van der Waals surface area (Å²) in [6.07, 6.45) is 8.73. The van der Waals surface area contributed by atoms with Crippen molar-refractivity contribution in [3.05, 3.63) is 29.4 Å². The van der Waals surface area contributed by atoms with Gasteiger partial charge in [0.05, 0.1) is 18.0 Å². The number of nitriles is 1. The molecule has 0 unspecified atom stereocenters. The lowest BCUT2D eigenvalue weighted by Gasteiger charge is -2.20. The van der Waals surface area contributed by atoms with Crippen LogP contribution in [0, 0.1) is 17.2 Å². The Hall–Kier alpha value is -1.93. The highest BCUT2D eigenvalue weighted by molar-refractivity contribution is 6.28. The summed E-state index contributed by atoms with van der Waals surface area (Å²) in [6.45, 7) is 0. The number of rotatable bonds is 4. The van der Waals surface area contributed by atoms with Crippen LogP contribution in [0.4, 0.5) is 0 Å². The number of nitrogens with zero attached hydrogens (tertiary/aromatic N) is 4. The minimum atomic E-state index is 0.184. The first-order chi connectivity index (χ1) is 10.3. The summed E-state index contributed by atoms with van der Waals surface area (Å²) >= 11 is 5.88. The molecule has 0 bridgehead atoms. The molecule has 6 heteroatoms. The molecule has 0 amide bonds. The first-order valence-electron chi connectivity index (χ1n) is 7.18. The highest BCUT2D eigenvalue weighted by Crippen LogP contribution is 2.41. The summed E-state index contributed by atoms with van der Waals surface area (Å²) in [5.74, 6) is 0.727. The van der Waals surface area contributed by atoms with Gasteiger partial charge in [-0.3, -0.25) is 5.10 Å². The second kappa shape index (κ2) is 6.23. The Bertz CT molecular complexity index is 654. The molecule has 2 aromatic rings. The summed E-state index contributed by atoms with van der Waals surface area (Å²) in [5.41, 5.74) is 2.67. The van der Waals surface area contributed by atoms with E-state index in [4.69, 9.17) is 11.6 Å².